The van der Waals surface area contributed by atoms with Crippen LogP contribution in [0.1, 0.15) is 37.8 Å². The lowest BCUT2D eigenvalue weighted by Gasteiger charge is -2.19. The van der Waals surface area contributed by atoms with Crippen LogP contribution in [0.5, 0.6) is 0 Å². The van der Waals surface area contributed by atoms with E-state index in [1.807, 2.05) is 13.0 Å². The van der Waals surface area contributed by atoms with Gasteiger partial charge in [-0.05, 0) is 31.4 Å². The fourth-order valence-corrected chi connectivity index (χ4v) is 1.84. The first-order valence-electron chi connectivity index (χ1n) is 6.00. The average Bonchev–Trinajstić information content (AvgIpc) is 2.29. The summed E-state index contributed by atoms with van der Waals surface area (Å²) in [5, 5.41) is 2.76. The van der Waals surface area contributed by atoms with Crippen molar-refractivity contribution in [2.45, 2.75) is 33.6 Å². The minimum atomic E-state index is -0.205. The first-order chi connectivity index (χ1) is 8.38. The zero-order chi connectivity index (χ0) is 13.9. The van der Waals surface area contributed by atoms with Crippen LogP contribution in [-0.4, -0.2) is 21.6 Å². The smallest absolute Gasteiger partial charge is 0.248 e. The highest BCUT2D eigenvalue weighted by atomic mass is 16.1. The Hall–Kier alpha value is -1.44. The number of anilines is 1. The molecule has 0 atom stereocenters. The molecule has 1 aromatic rings. The molecule has 1 amide bonds. The number of rotatable bonds is 3. The predicted octanol–water partition coefficient (Wildman–Crippen LogP) is 1.22. The van der Waals surface area contributed by atoms with Gasteiger partial charge in [0.25, 0.3) is 0 Å². The Bertz CT molecular complexity index is 493. The van der Waals surface area contributed by atoms with Crippen molar-refractivity contribution >= 4 is 38.2 Å². The van der Waals surface area contributed by atoms with Gasteiger partial charge in [0, 0.05) is 5.69 Å². The van der Waals surface area contributed by atoms with E-state index in [0.717, 1.165) is 11.1 Å². The number of allylic oxidation sites excluding steroid dienone is 1. The molecule has 0 aliphatic rings. The third-order valence-electron chi connectivity index (χ3n) is 2.88. The molecule has 0 aromatic heterocycles. The molecule has 0 saturated heterocycles. The minimum absolute atomic E-state index is 0.205. The maximum Gasteiger partial charge on any atom is 0.248 e. The fraction of sp³-hybridized carbons (Fsp3) is 0.357. The highest BCUT2D eigenvalue weighted by Crippen LogP contribution is 2.17. The lowest BCUT2D eigenvalue weighted by atomic mass is 9.76. The van der Waals surface area contributed by atoms with Crippen LogP contribution < -0.4 is 16.2 Å². The maximum atomic E-state index is 11.6. The number of carbonyl (C=O) groups excluding carboxylic acids is 1. The van der Waals surface area contributed by atoms with E-state index >= 15 is 0 Å². The Labute approximate surface area is 112 Å². The Morgan fingerprint density at radius 3 is 2.50 bits per heavy atom. The summed E-state index contributed by atoms with van der Waals surface area (Å²) in [6.07, 6.45) is 3.12. The normalized spacial score (nSPS) is 11.2. The first kappa shape index (κ1) is 14.6. The van der Waals surface area contributed by atoms with E-state index in [9.17, 15) is 4.79 Å². The number of amides is 1. The molecule has 0 spiro atoms. The molecular formula is C14H17B2NO. The van der Waals surface area contributed by atoms with Crippen LogP contribution in [0.3, 0.4) is 0 Å². The summed E-state index contributed by atoms with van der Waals surface area (Å²) in [7, 11) is 12.1. The quantitative estimate of drug-likeness (QED) is 0.621. The number of hydrogen-bond donors (Lipinski definition) is 1. The zero-order valence-corrected chi connectivity index (χ0v) is 11.4. The molecule has 0 unspecified atom stereocenters. The van der Waals surface area contributed by atoms with Gasteiger partial charge in [-0.25, -0.2) is 0 Å². The molecule has 1 aromatic carbocycles. The Morgan fingerprint density at radius 2 is 2.00 bits per heavy atom. The molecular weight excluding hydrogens is 220 g/mol. The Balaban J connectivity index is 3.23. The SMILES string of the molecule is [B]c1cc(C(C)C)c([B])c(C)c1NC(=O)/C=C\C. The molecule has 0 saturated carbocycles. The van der Waals surface area contributed by atoms with Crippen LogP contribution in [0.15, 0.2) is 18.2 Å². The third kappa shape index (κ3) is 3.06. The second-order valence-corrected chi connectivity index (χ2v) is 4.61. The Kier molecular flexibility index (Phi) is 4.83. The van der Waals surface area contributed by atoms with Gasteiger partial charge < -0.3 is 5.32 Å². The Morgan fingerprint density at radius 1 is 1.39 bits per heavy atom. The van der Waals surface area contributed by atoms with Crippen LogP contribution in [0.25, 0.3) is 0 Å². The maximum absolute atomic E-state index is 11.6. The molecule has 4 radical (unpaired) electrons. The van der Waals surface area contributed by atoms with Crippen molar-refractivity contribution in [2.75, 3.05) is 5.32 Å². The molecule has 0 bridgehead atoms. The first-order valence-corrected chi connectivity index (χ1v) is 6.00. The molecule has 0 aliphatic carbocycles. The topological polar surface area (TPSA) is 29.1 Å². The highest BCUT2D eigenvalue weighted by molar-refractivity contribution is 6.41. The van der Waals surface area contributed by atoms with Gasteiger partial charge in [0.2, 0.25) is 5.91 Å². The van der Waals surface area contributed by atoms with Crippen molar-refractivity contribution in [1.82, 2.24) is 0 Å². The summed E-state index contributed by atoms with van der Waals surface area (Å²) in [6, 6.07) is 1.83. The van der Waals surface area contributed by atoms with Crippen molar-refractivity contribution in [2.24, 2.45) is 0 Å². The standard InChI is InChI=1S/C14H17B2NO/c1-5-6-12(18)17-14-9(4)13(16)10(8(2)3)7-11(14)15/h5-8H,1-4H3,(H,17,18)/b6-5-. The molecule has 0 aliphatic heterocycles. The number of hydrogen-bond acceptors (Lipinski definition) is 1. The molecule has 0 fully saturated rings. The van der Waals surface area contributed by atoms with Crippen molar-refractivity contribution in [3.8, 4) is 0 Å². The van der Waals surface area contributed by atoms with Crippen LogP contribution in [0, 0.1) is 6.92 Å². The van der Waals surface area contributed by atoms with Crippen LogP contribution >= 0.6 is 0 Å². The van der Waals surface area contributed by atoms with Gasteiger partial charge in [-0.3, -0.25) is 4.79 Å². The summed E-state index contributed by atoms with van der Waals surface area (Å²) in [4.78, 5) is 11.6. The van der Waals surface area contributed by atoms with Gasteiger partial charge in [0.1, 0.15) is 15.7 Å². The van der Waals surface area contributed by atoms with Crippen molar-refractivity contribution in [3.05, 3.63) is 29.3 Å². The van der Waals surface area contributed by atoms with Crippen molar-refractivity contribution < 1.29 is 4.79 Å². The van der Waals surface area contributed by atoms with Gasteiger partial charge in [0.15, 0.2) is 0 Å². The van der Waals surface area contributed by atoms with E-state index < -0.39 is 0 Å². The summed E-state index contributed by atoms with van der Waals surface area (Å²) in [6.45, 7) is 7.76. The zero-order valence-electron chi connectivity index (χ0n) is 11.4. The van der Waals surface area contributed by atoms with Crippen molar-refractivity contribution in [3.63, 3.8) is 0 Å². The summed E-state index contributed by atoms with van der Waals surface area (Å²) in [5.41, 5.74) is 3.66. The summed E-state index contributed by atoms with van der Waals surface area (Å²) >= 11 is 0. The van der Waals surface area contributed by atoms with E-state index in [4.69, 9.17) is 15.7 Å². The van der Waals surface area contributed by atoms with Gasteiger partial charge >= 0.3 is 0 Å². The van der Waals surface area contributed by atoms with Gasteiger partial charge in [-0.2, -0.15) is 0 Å². The second-order valence-electron chi connectivity index (χ2n) is 4.61. The number of benzene rings is 1. The average molecular weight is 237 g/mol. The van der Waals surface area contributed by atoms with Gasteiger partial charge in [-0.15, -0.1) is 0 Å². The van der Waals surface area contributed by atoms with Crippen LogP contribution in [0.2, 0.25) is 0 Å². The monoisotopic (exact) mass is 237 g/mol. The van der Waals surface area contributed by atoms with E-state index in [0.29, 0.717) is 22.5 Å². The van der Waals surface area contributed by atoms with Crippen molar-refractivity contribution in [1.29, 1.82) is 0 Å². The van der Waals surface area contributed by atoms with E-state index in [-0.39, 0.29) is 5.91 Å². The van der Waals surface area contributed by atoms with Crippen LogP contribution in [-0.2, 0) is 4.79 Å². The largest absolute Gasteiger partial charge is 0.323 e. The number of nitrogens with one attached hydrogen (secondary N) is 1. The lowest BCUT2D eigenvalue weighted by molar-refractivity contribution is -0.111. The molecule has 4 heteroatoms. The molecule has 1 N–H and O–H groups in total. The third-order valence-corrected chi connectivity index (χ3v) is 2.88. The lowest BCUT2D eigenvalue weighted by Crippen LogP contribution is -2.27. The minimum Gasteiger partial charge on any atom is -0.323 e. The second kappa shape index (κ2) is 5.94. The number of carbonyl (C=O) groups is 1. The van der Waals surface area contributed by atoms with E-state index in [2.05, 4.69) is 19.2 Å². The van der Waals surface area contributed by atoms with Gasteiger partial charge in [-0.1, -0.05) is 42.5 Å². The molecule has 2 nitrogen and oxygen atoms in total. The summed E-state index contributed by atoms with van der Waals surface area (Å²) in [5.74, 6) is 0.0929. The molecule has 18 heavy (non-hydrogen) atoms. The fourth-order valence-electron chi connectivity index (χ4n) is 1.84. The summed E-state index contributed by atoms with van der Waals surface area (Å²) < 4.78 is 0. The van der Waals surface area contributed by atoms with Gasteiger partial charge in [0.05, 0.1) is 0 Å². The molecule has 90 valence electrons. The van der Waals surface area contributed by atoms with Crippen LogP contribution in [0.4, 0.5) is 5.69 Å². The molecule has 0 heterocycles. The highest BCUT2D eigenvalue weighted by Gasteiger charge is 2.12. The molecule has 1 rings (SSSR count). The predicted molar refractivity (Wildman–Crippen MR) is 79.5 cm³/mol. The van der Waals surface area contributed by atoms with E-state index in [1.54, 1.807) is 13.0 Å². The van der Waals surface area contributed by atoms with E-state index in [1.165, 1.54) is 6.08 Å².